The first kappa shape index (κ1) is 19.4. The summed E-state index contributed by atoms with van der Waals surface area (Å²) in [5.74, 6) is -1.24. The molecular formula is C21H27N5O3. The summed E-state index contributed by atoms with van der Waals surface area (Å²) in [5, 5.41) is 16.8. The molecule has 2 N–H and O–H groups in total. The van der Waals surface area contributed by atoms with Crippen LogP contribution in [-0.2, 0) is 11.3 Å². The lowest BCUT2D eigenvalue weighted by Crippen LogP contribution is -2.54. The van der Waals surface area contributed by atoms with Crippen LogP contribution >= 0.6 is 0 Å². The Balaban J connectivity index is 1.28. The van der Waals surface area contributed by atoms with Gasteiger partial charge in [0.05, 0.1) is 11.6 Å². The van der Waals surface area contributed by atoms with E-state index in [4.69, 9.17) is 0 Å². The number of carboxylic acid groups (broad SMARTS) is 1. The number of hydrogen-bond acceptors (Lipinski definition) is 4. The van der Waals surface area contributed by atoms with Gasteiger partial charge in [-0.2, -0.15) is 5.10 Å². The van der Waals surface area contributed by atoms with E-state index < -0.39 is 11.9 Å². The number of carbonyl (C=O) groups excluding carboxylic acids is 1. The maximum Gasteiger partial charge on any atom is 0.320 e. The first-order valence-electron chi connectivity index (χ1n) is 10.2. The summed E-state index contributed by atoms with van der Waals surface area (Å²) in [6.07, 6.45) is 1.41. The number of aromatic amines is 1. The Labute approximate surface area is 170 Å². The summed E-state index contributed by atoms with van der Waals surface area (Å²) in [7, 11) is 0. The summed E-state index contributed by atoms with van der Waals surface area (Å²) >= 11 is 0. The molecule has 1 atom stereocenters. The maximum atomic E-state index is 12.8. The predicted molar refractivity (Wildman–Crippen MR) is 108 cm³/mol. The lowest BCUT2D eigenvalue weighted by Gasteiger charge is -2.39. The van der Waals surface area contributed by atoms with Crippen molar-refractivity contribution in [3.63, 3.8) is 0 Å². The second kappa shape index (κ2) is 8.65. The van der Waals surface area contributed by atoms with Crippen LogP contribution in [0.2, 0.25) is 0 Å². The Bertz CT molecular complexity index is 845. The molecule has 0 aliphatic carbocycles. The number of aliphatic carboxylic acids is 1. The summed E-state index contributed by atoms with van der Waals surface area (Å²) in [4.78, 5) is 29.9. The third-order valence-corrected chi connectivity index (χ3v) is 5.78. The third kappa shape index (κ3) is 4.59. The van der Waals surface area contributed by atoms with Gasteiger partial charge < -0.3 is 14.9 Å². The number of hydrogen-bond donors (Lipinski definition) is 2. The van der Waals surface area contributed by atoms with Crippen LogP contribution in [0.4, 0.5) is 4.79 Å². The SMILES string of the molecule is O=C(O)C1CCCN(C(=O)N2CCN(Cc3cc(-c4ccccc4)n[nH]3)CC2)C1. The van der Waals surface area contributed by atoms with Gasteiger partial charge in [-0.1, -0.05) is 30.3 Å². The lowest BCUT2D eigenvalue weighted by molar-refractivity contribution is -0.143. The van der Waals surface area contributed by atoms with Gasteiger partial charge in [-0.15, -0.1) is 0 Å². The number of urea groups is 1. The maximum absolute atomic E-state index is 12.8. The van der Waals surface area contributed by atoms with Crippen molar-refractivity contribution < 1.29 is 14.7 Å². The molecule has 0 bridgehead atoms. The topological polar surface area (TPSA) is 92.8 Å². The van der Waals surface area contributed by atoms with Crippen LogP contribution < -0.4 is 0 Å². The summed E-state index contributed by atoms with van der Waals surface area (Å²) < 4.78 is 0. The van der Waals surface area contributed by atoms with E-state index in [2.05, 4.69) is 21.2 Å². The number of carboxylic acids is 1. The largest absolute Gasteiger partial charge is 0.481 e. The van der Waals surface area contributed by atoms with E-state index in [1.807, 2.05) is 35.2 Å². The molecule has 8 heteroatoms. The van der Waals surface area contributed by atoms with Crippen LogP contribution in [0.5, 0.6) is 0 Å². The zero-order valence-electron chi connectivity index (χ0n) is 16.5. The van der Waals surface area contributed by atoms with Gasteiger partial charge in [0.25, 0.3) is 0 Å². The number of piperazine rings is 1. The van der Waals surface area contributed by atoms with E-state index in [0.717, 1.165) is 43.0 Å². The van der Waals surface area contributed by atoms with Crippen LogP contribution in [0.1, 0.15) is 18.5 Å². The van der Waals surface area contributed by atoms with Gasteiger partial charge in [-0.25, -0.2) is 4.79 Å². The van der Waals surface area contributed by atoms with E-state index >= 15 is 0 Å². The fourth-order valence-electron chi connectivity index (χ4n) is 4.09. The molecule has 0 spiro atoms. The van der Waals surface area contributed by atoms with Crippen LogP contribution in [0, 0.1) is 5.92 Å². The Morgan fingerprint density at radius 3 is 2.55 bits per heavy atom. The molecule has 4 rings (SSSR count). The second-order valence-electron chi connectivity index (χ2n) is 7.81. The van der Waals surface area contributed by atoms with E-state index in [-0.39, 0.29) is 6.03 Å². The van der Waals surface area contributed by atoms with Crippen molar-refractivity contribution in [2.75, 3.05) is 39.3 Å². The number of amides is 2. The van der Waals surface area contributed by atoms with Crippen molar-refractivity contribution in [3.8, 4) is 11.3 Å². The van der Waals surface area contributed by atoms with E-state index in [9.17, 15) is 14.7 Å². The molecule has 1 aromatic carbocycles. The molecule has 1 unspecified atom stereocenters. The van der Waals surface area contributed by atoms with Gasteiger partial charge in [0.2, 0.25) is 0 Å². The Morgan fingerprint density at radius 2 is 1.83 bits per heavy atom. The molecule has 2 saturated heterocycles. The zero-order valence-corrected chi connectivity index (χ0v) is 16.5. The zero-order chi connectivity index (χ0) is 20.2. The minimum absolute atomic E-state index is 0.0245. The molecule has 2 aliphatic heterocycles. The molecule has 2 aromatic rings. The molecule has 0 saturated carbocycles. The fraction of sp³-hybridized carbons (Fsp3) is 0.476. The number of piperidine rings is 1. The van der Waals surface area contributed by atoms with Crippen molar-refractivity contribution in [2.24, 2.45) is 5.92 Å². The van der Waals surface area contributed by atoms with Crippen molar-refractivity contribution in [2.45, 2.75) is 19.4 Å². The first-order chi connectivity index (χ1) is 14.1. The molecule has 3 heterocycles. The van der Waals surface area contributed by atoms with Crippen molar-refractivity contribution >= 4 is 12.0 Å². The standard InChI is InChI=1S/C21H27N5O3/c27-20(28)17-7-4-8-26(14-17)21(29)25-11-9-24(10-12-25)15-18-13-19(23-22-18)16-5-2-1-3-6-16/h1-3,5-6,13,17H,4,7-12,14-15H2,(H,22,23)(H,27,28). The highest BCUT2D eigenvalue weighted by molar-refractivity contribution is 5.76. The van der Waals surface area contributed by atoms with E-state index in [1.165, 1.54) is 0 Å². The van der Waals surface area contributed by atoms with E-state index in [1.54, 1.807) is 4.90 Å². The number of nitrogens with zero attached hydrogens (tertiary/aromatic N) is 4. The average Bonchev–Trinajstić information content (AvgIpc) is 3.23. The number of nitrogens with one attached hydrogen (secondary N) is 1. The van der Waals surface area contributed by atoms with Crippen molar-refractivity contribution in [1.29, 1.82) is 0 Å². The molecule has 154 valence electrons. The smallest absolute Gasteiger partial charge is 0.320 e. The molecule has 1 aromatic heterocycles. The van der Waals surface area contributed by atoms with Gasteiger partial charge in [-0.3, -0.25) is 14.8 Å². The number of rotatable bonds is 4. The van der Waals surface area contributed by atoms with Crippen molar-refractivity contribution in [1.82, 2.24) is 24.9 Å². The van der Waals surface area contributed by atoms with Gasteiger partial charge in [-0.05, 0) is 18.9 Å². The van der Waals surface area contributed by atoms with Crippen LogP contribution in [0.3, 0.4) is 0 Å². The highest BCUT2D eigenvalue weighted by atomic mass is 16.4. The minimum atomic E-state index is -0.804. The quantitative estimate of drug-likeness (QED) is 0.824. The number of benzene rings is 1. The average molecular weight is 397 g/mol. The van der Waals surface area contributed by atoms with Crippen LogP contribution in [0.25, 0.3) is 11.3 Å². The summed E-state index contributed by atoms with van der Waals surface area (Å²) in [6.45, 7) is 4.65. The molecule has 2 amide bonds. The summed E-state index contributed by atoms with van der Waals surface area (Å²) in [5.41, 5.74) is 3.09. The normalized spacial score (nSPS) is 20.6. The van der Waals surface area contributed by atoms with Gasteiger partial charge >= 0.3 is 12.0 Å². The Kier molecular flexibility index (Phi) is 5.80. The predicted octanol–water partition coefficient (Wildman–Crippen LogP) is 2.11. The third-order valence-electron chi connectivity index (χ3n) is 5.78. The molecule has 2 fully saturated rings. The Hall–Kier alpha value is -2.87. The van der Waals surface area contributed by atoms with E-state index in [0.29, 0.717) is 32.6 Å². The van der Waals surface area contributed by atoms with Gasteiger partial charge in [0.15, 0.2) is 0 Å². The monoisotopic (exact) mass is 397 g/mol. The number of likely N-dealkylation sites (tertiary alicyclic amines) is 1. The molecule has 8 nitrogen and oxygen atoms in total. The molecular weight excluding hydrogens is 370 g/mol. The minimum Gasteiger partial charge on any atom is -0.481 e. The molecule has 0 radical (unpaired) electrons. The summed E-state index contributed by atoms with van der Waals surface area (Å²) in [6, 6.07) is 12.1. The van der Waals surface area contributed by atoms with Crippen LogP contribution in [0.15, 0.2) is 36.4 Å². The highest BCUT2D eigenvalue weighted by Crippen LogP contribution is 2.20. The second-order valence-corrected chi connectivity index (χ2v) is 7.81. The Morgan fingerprint density at radius 1 is 1.07 bits per heavy atom. The van der Waals surface area contributed by atoms with Gasteiger partial charge in [0.1, 0.15) is 0 Å². The first-order valence-corrected chi connectivity index (χ1v) is 10.2. The number of carbonyl (C=O) groups is 2. The fourth-order valence-corrected chi connectivity index (χ4v) is 4.09. The molecule has 2 aliphatic rings. The van der Waals surface area contributed by atoms with Gasteiger partial charge in [0, 0.05) is 57.1 Å². The lowest BCUT2D eigenvalue weighted by atomic mass is 9.98. The van der Waals surface area contributed by atoms with Crippen LogP contribution in [-0.4, -0.2) is 81.3 Å². The molecule has 29 heavy (non-hydrogen) atoms. The highest BCUT2D eigenvalue weighted by Gasteiger charge is 2.31. The number of H-pyrrole nitrogens is 1. The number of aromatic nitrogens is 2. The van der Waals surface area contributed by atoms with Crippen molar-refractivity contribution in [3.05, 3.63) is 42.1 Å².